The smallest absolute Gasteiger partial charge is 0.188 e. The summed E-state index contributed by atoms with van der Waals surface area (Å²) in [5.41, 5.74) is 8.53. The Morgan fingerprint density at radius 3 is 2.62 bits per heavy atom. The molecule has 0 saturated carbocycles. The van der Waals surface area contributed by atoms with E-state index >= 15 is 0 Å². The monoisotopic (exact) mass is 288 g/mol. The molecule has 1 aromatic rings. The number of nitrogens with two attached hydrogens (primary N) is 1. The van der Waals surface area contributed by atoms with Crippen molar-refractivity contribution in [2.75, 3.05) is 19.6 Å². The van der Waals surface area contributed by atoms with E-state index in [0.29, 0.717) is 12.5 Å². The molecule has 0 atom stereocenters. The van der Waals surface area contributed by atoms with Crippen molar-refractivity contribution >= 4 is 5.96 Å². The average Bonchev–Trinajstić information content (AvgIpc) is 2.53. The number of benzene rings is 1. The van der Waals surface area contributed by atoms with E-state index in [9.17, 15) is 0 Å². The Labute approximate surface area is 128 Å². The number of rotatable bonds is 6. The zero-order valence-corrected chi connectivity index (χ0v) is 13.1. The fraction of sp³-hybridized carbons (Fsp3) is 0.588. The molecule has 1 fully saturated rings. The molecule has 1 heterocycles. The van der Waals surface area contributed by atoms with Crippen LogP contribution >= 0.6 is 0 Å². The molecule has 21 heavy (non-hydrogen) atoms. The van der Waals surface area contributed by atoms with E-state index in [1.807, 2.05) is 0 Å². The molecule has 1 aromatic carbocycles. The van der Waals surface area contributed by atoms with Crippen LogP contribution in [0, 0.1) is 0 Å². The van der Waals surface area contributed by atoms with E-state index in [1.165, 1.54) is 43.5 Å². The van der Waals surface area contributed by atoms with Gasteiger partial charge in [0, 0.05) is 13.1 Å². The fourth-order valence-electron chi connectivity index (χ4n) is 2.70. The van der Waals surface area contributed by atoms with Crippen molar-refractivity contribution in [3.05, 3.63) is 35.4 Å². The third kappa shape index (κ3) is 5.38. The Bertz CT molecular complexity index is 450. The minimum Gasteiger partial charge on any atom is -0.370 e. The Morgan fingerprint density at radius 2 is 1.90 bits per heavy atom. The summed E-state index contributed by atoms with van der Waals surface area (Å²) in [5, 5.41) is 3.12. The first-order valence-corrected chi connectivity index (χ1v) is 8.12. The summed E-state index contributed by atoms with van der Waals surface area (Å²) in [4.78, 5) is 7.00. The van der Waals surface area contributed by atoms with Gasteiger partial charge in [0.15, 0.2) is 5.96 Å². The predicted molar refractivity (Wildman–Crippen MR) is 89.2 cm³/mol. The maximum absolute atomic E-state index is 5.87. The lowest BCUT2D eigenvalue weighted by molar-refractivity contribution is 0.220. The first-order valence-electron chi connectivity index (χ1n) is 8.12. The van der Waals surface area contributed by atoms with Crippen LogP contribution in [-0.4, -0.2) is 30.5 Å². The number of nitrogens with zero attached hydrogens (tertiary/aromatic N) is 2. The first-order chi connectivity index (χ1) is 10.3. The van der Waals surface area contributed by atoms with Crippen LogP contribution in [0.1, 0.15) is 43.7 Å². The summed E-state index contributed by atoms with van der Waals surface area (Å²) < 4.78 is 0. The van der Waals surface area contributed by atoms with Crippen LogP contribution in [-0.2, 0) is 13.1 Å². The molecule has 1 aliphatic heterocycles. The molecule has 0 unspecified atom stereocenters. The summed E-state index contributed by atoms with van der Waals surface area (Å²) in [6.07, 6.45) is 5.09. The van der Waals surface area contributed by atoms with Gasteiger partial charge in [-0.05, 0) is 43.5 Å². The molecule has 0 aromatic heterocycles. The number of aliphatic imine (C=N–C) groups is 1. The molecule has 1 aliphatic rings. The highest BCUT2D eigenvalue weighted by molar-refractivity contribution is 5.77. The summed E-state index contributed by atoms with van der Waals surface area (Å²) in [7, 11) is 0. The standard InChI is InChI=1S/C17H28N4/c1-2-10-19-17(18)20-13-15-8-4-5-9-16(15)14-21-11-6-3-7-12-21/h4-5,8-9H,2-3,6-7,10-14H2,1H3,(H3,18,19,20). The van der Waals surface area contributed by atoms with Crippen LogP contribution < -0.4 is 11.1 Å². The van der Waals surface area contributed by atoms with Gasteiger partial charge >= 0.3 is 0 Å². The normalized spacial score (nSPS) is 16.9. The van der Waals surface area contributed by atoms with Crippen molar-refractivity contribution in [2.45, 2.75) is 45.7 Å². The molecule has 0 bridgehead atoms. The minimum atomic E-state index is 0.546. The van der Waals surface area contributed by atoms with Gasteiger partial charge in [0.25, 0.3) is 0 Å². The third-order valence-electron chi connectivity index (χ3n) is 3.94. The Morgan fingerprint density at radius 1 is 1.19 bits per heavy atom. The maximum Gasteiger partial charge on any atom is 0.188 e. The van der Waals surface area contributed by atoms with Crippen LogP contribution in [0.2, 0.25) is 0 Å². The summed E-state index contributed by atoms with van der Waals surface area (Å²) in [6.45, 7) is 7.13. The van der Waals surface area contributed by atoms with Crippen LogP contribution in [0.25, 0.3) is 0 Å². The molecule has 4 heteroatoms. The largest absolute Gasteiger partial charge is 0.370 e. The third-order valence-corrected chi connectivity index (χ3v) is 3.94. The summed E-state index contributed by atoms with van der Waals surface area (Å²) >= 11 is 0. The highest BCUT2D eigenvalue weighted by atomic mass is 15.1. The van der Waals surface area contributed by atoms with Gasteiger partial charge in [0.05, 0.1) is 6.54 Å². The second-order valence-corrected chi connectivity index (χ2v) is 5.73. The SMILES string of the molecule is CCCNC(N)=NCc1ccccc1CN1CCCCC1. The van der Waals surface area contributed by atoms with E-state index in [0.717, 1.165) is 19.5 Å². The quantitative estimate of drug-likeness (QED) is 0.624. The van der Waals surface area contributed by atoms with Crippen molar-refractivity contribution in [1.29, 1.82) is 0 Å². The maximum atomic E-state index is 5.87. The molecule has 0 spiro atoms. The second-order valence-electron chi connectivity index (χ2n) is 5.73. The van der Waals surface area contributed by atoms with Crippen molar-refractivity contribution in [3.8, 4) is 0 Å². The van der Waals surface area contributed by atoms with Crippen molar-refractivity contribution < 1.29 is 0 Å². The van der Waals surface area contributed by atoms with Gasteiger partial charge in [-0.15, -0.1) is 0 Å². The molecule has 4 nitrogen and oxygen atoms in total. The Hall–Kier alpha value is -1.55. The van der Waals surface area contributed by atoms with Gasteiger partial charge in [-0.25, -0.2) is 4.99 Å². The van der Waals surface area contributed by atoms with E-state index in [1.54, 1.807) is 0 Å². The van der Waals surface area contributed by atoms with Crippen LogP contribution in [0.5, 0.6) is 0 Å². The molecule has 2 rings (SSSR count). The van der Waals surface area contributed by atoms with Crippen LogP contribution in [0.15, 0.2) is 29.3 Å². The van der Waals surface area contributed by atoms with E-state index in [-0.39, 0.29) is 0 Å². The Kier molecular flexibility index (Phi) is 6.54. The number of nitrogens with one attached hydrogen (secondary N) is 1. The van der Waals surface area contributed by atoms with E-state index in [2.05, 4.69) is 46.4 Å². The summed E-state index contributed by atoms with van der Waals surface area (Å²) in [6, 6.07) is 8.58. The second kappa shape index (κ2) is 8.67. The van der Waals surface area contributed by atoms with Gasteiger partial charge < -0.3 is 11.1 Å². The predicted octanol–water partition coefficient (Wildman–Crippen LogP) is 2.49. The number of hydrogen-bond donors (Lipinski definition) is 2. The molecule has 0 aliphatic carbocycles. The van der Waals surface area contributed by atoms with Gasteiger partial charge in [-0.3, -0.25) is 4.90 Å². The first kappa shape index (κ1) is 15.8. The number of likely N-dealkylation sites (tertiary alicyclic amines) is 1. The van der Waals surface area contributed by atoms with E-state index < -0.39 is 0 Å². The van der Waals surface area contributed by atoms with Crippen LogP contribution in [0.4, 0.5) is 0 Å². The lowest BCUT2D eigenvalue weighted by Crippen LogP contribution is -2.32. The fourth-order valence-corrected chi connectivity index (χ4v) is 2.70. The van der Waals surface area contributed by atoms with Crippen molar-refractivity contribution in [2.24, 2.45) is 10.7 Å². The Balaban J connectivity index is 1.95. The zero-order valence-electron chi connectivity index (χ0n) is 13.1. The molecule has 0 amide bonds. The summed E-state index contributed by atoms with van der Waals surface area (Å²) in [5.74, 6) is 0.546. The molecular formula is C17H28N4. The average molecular weight is 288 g/mol. The molecule has 1 saturated heterocycles. The van der Waals surface area contributed by atoms with E-state index in [4.69, 9.17) is 5.73 Å². The van der Waals surface area contributed by atoms with Gasteiger partial charge in [-0.2, -0.15) is 0 Å². The lowest BCUT2D eigenvalue weighted by atomic mass is 10.1. The van der Waals surface area contributed by atoms with Crippen molar-refractivity contribution in [3.63, 3.8) is 0 Å². The van der Waals surface area contributed by atoms with Crippen LogP contribution in [0.3, 0.4) is 0 Å². The molecular weight excluding hydrogens is 260 g/mol. The number of guanidine groups is 1. The highest BCUT2D eigenvalue weighted by Gasteiger charge is 2.12. The molecule has 116 valence electrons. The number of piperidine rings is 1. The minimum absolute atomic E-state index is 0.546. The lowest BCUT2D eigenvalue weighted by Gasteiger charge is -2.27. The zero-order chi connectivity index (χ0) is 14.9. The molecule has 0 radical (unpaired) electrons. The number of hydrogen-bond acceptors (Lipinski definition) is 2. The van der Waals surface area contributed by atoms with Gasteiger partial charge in [-0.1, -0.05) is 37.6 Å². The highest BCUT2D eigenvalue weighted by Crippen LogP contribution is 2.16. The topological polar surface area (TPSA) is 53.6 Å². The molecule has 3 N–H and O–H groups in total. The van der Waals surface area contributed by atoms with Gasteiger partial charge in [0.1, 0.15) is 0 Å². The van der Waals surface area contributed by atoms with Crippen molar-refractivity contribution in [1.82, 2.24) is 10.2 Å². The van der Waals surface area contributed by atoms with Gasteiger partial charge in [0.2, 0.25) is 0 Å².